The second kappa shape index (κ2) is 6.86. The van der Waals surface area contributed by atoms with Crippen molar-refractivity contribution in [3.8, 4) is 17.3 Å². The molecule has 0 spiro atoms. The number of anilines is 1. The SMILES string of the molecule is CN(C(=O)C1CCCN1C(=O)O)c1nc(-c2cncc(C#N)c2)cs1. The van der Waals surface area contributed by atoms with Crippen molar-refractivity contribution in [3.05, 3.63) is 29.4 Å². The highest BCUT2D eigenvalue weighted by atomic mass is 32.1. The summed E-state index contributed by atoms with van der Waals surface area (Å²) in [7, 11) is 1.59. The van der Waals surface area contributed by atoms with E-state index in [0.29, 0.717) is 41.3 Å². The van der Waals surface area contributed by atoms with Gasteiger partial charge in [0.15, 0.2) is 5.13 Å². The highest BCUT2D eigenvalue weighted by Gasteiger charge is 2.36. The molecule has 1 atom stereocenters. The number of likely N-dealkylation sites (tertiary alicyclic amines) is 1. The van der Waals surface area contributed by atoms with Crippen LogP contribution in [0.3, 0.4) is 0 Å². The second-order valence-corrected chi connectivity index (χ2v) is 6.46. The van der Waals surface area contributed by atoms with Crippen molar-refractivity contribution in [3.63, 3.8) is 0 Å². The Morgan fingerprint density at radius 2 is 2.28 bits per heavy atom. The zero-order valence-corrected chi connectivity index (χ0v) is 14.2. The highest BCUT2D eigenvalue weighted by Crippen LogP contribution is 2.28. The molecule has 0 bridgehead atoms. The van der Waals surface area contributed by atoms with Crippen molar-refractivity contribution < 1.29 is 14.7 Å². The van der Waals surface area contributed by atoms with Gasteiger partial charge in [-0.2, -0.15) is 5.26 Å². The lowest BCUT2D eigenvalue weighted by Gasteiger charge is -2.24. The quantitative estimate of drug-likeness (QED) is 0.901. The van der Waals surface area contributed by atoms with Gasteiger partial charge in [-0.1, -0.05) is 0 Å². The molecule has 0 saturated carbocycles. The first-order chi connectivity index (χ1) is 12.0. The number of rotatable bonds is 3. The molecule has 0 aliphatic carbocycles. The number of amides is 2. The number of thiazole rings is 1. The van der Waals surface area contributed by atoms with Gasteiger partial charge in [0.25, 0.3) is 5.91 Å². The average molecular weight is 357 g/mol. The Hall–Kier alpha value is -2.99. The molecule has 2 aromatic heterocycles. The molecule has 1 saturated heterocycles. The summed E-state index contributed by atoms with van der Waals surface area (Å²) in [6.45, 7) is 0.370. The molecule has 9 heteroatoms. The summed E-state index contributed by atoms with van der Waals surface area (Å²) in [4.78, 5) is 34.9. The number of likely N-dealkylation sites (N-methyl/N-ethyl adjacent to an activating group) is 1. The summed E-state index contributed by atoms with van der Waals surface area (Å²) in [5, 5.41) is 20.4. The lowest BCUT2D eigenvalue weighted by Crippen LogP contribution is -2.46. The number of nitriles is 1. The Balaban J connectivity index is 1.80. The number of nitrogens with zero attached hydrogens (tertiary/aromatic N) is 5. The third-order valence-corrected chi connectivity index (χ3v) is 4.97. The number of pyridine rings is 1. The smallest absolute Gasteiger partial charge is 0.407 e. The van der Waals surface area contributed by atoms with Gasteiger partial charge >= 0.3 is 6.09 Å². The van der Waals surface area contributed by atoms with Crippen LogP contribution in [0.15, 0.2) is 23.8 Å². The van der Waals surface area contributed by atoms with Crippen LogP contribution in [-0.2, 0) is 4.79 Å². The van der Waals surface area contributed by atoms with Crippen molar-refractivity contribution >= 4 is 28.5 Å². The number of carbonyl (C=O) groups excluding carboxylic acids is 1. The van der Waals surface area contributed by atoms with E-state index < -0.39 is 12.1 Å². The van der Waals surface area contributed by atoms with E-state index in [1.54, 1.807) is 24.7 Å². The Kier molecular flexibility index (Phi) is 4.63. The van der Waals surface area contributed by atoms with Gasteiger partial charge in [0.2, 0.25) is 0 Å². The summed E-state index contributed by atoms with van der Waals surface area (Å²) in [6, 6.07) is 3.03. The van der Waals surface area contributed by atoms with Crippen LogP contribution in [0.2, 0.25) is 0 Å². The molecule has 3 rings (SSSR count). The van der Waals surface area contributed by atoms with Crippen molar-refractivity contribution in [1.29, 1.82) is 5.26 Å². The van der Waals surface area contributed by atoms with Crippen LogP contribution in [0.5, 0.6) is 0 Å². The highest BCUT2D eigenvalue weighted by molar-refractivity contribution is 7.14. The fourth-order valence-electron chi connectivity index (χ4n) is 2.76. The molecule has 0 radical (unpaired) electrons. The molecular formula is C16H15N5O3S. The number of aromatic nitrogens is 2. The monoisotopic (exact) mass is 357 g/mol. The second-order valence-electron chi connectivity index (χ2n) is 5.62. The predicted molar refractivity (Wildman–Crippen MR) is 91.2 cm³/mol. The number of carboxylic acid groups (broad SMARTS) is 1. The summed E-state index contributed by atoms with van der Waals surface area (Å²) in [5.74, 6) is -0.287. The van der Waals surface area contributed by atoms with Gasteiger partial charge in [-0.3, -0.25) is 19.6 Å². The molecule has 25 heavy (non-hydrogen) atoms. The first kappa shape index (κ1) is 16.9. The average Bonchev–Trinajstić information content (AvgIpc) is 3.30. The molecule has 3 heterocycles. The molecule has 1 fully saturated rings. The minimum atomic E-state index is -1.08. The van der Waals surface area contributed by atoms with Crippen molar-refractivity contribution in [2.45, 2.75) is 18.9 Å². The Morgan fingerprint density at radius 3 is 3.00 bits per heavy atom. The van der Waals surface area contributed by atoms with E-state index >= 15 is 0 Å². The summed E-state index contributed by atoms with van der Waals surface area (Å²) in [6.07, 6.45) is 3.18. The first-order valence-electron chi connectivity index (χ1n) is 7.59. The number of hydrogen-bond donors (Lipinski definition) is 1. The van der Waals surface area contributed by atoms with E-state index in [-0.39, 0.29) is 5.91 Å². The van der Waals surface area contributed by atoms with Crippen molar-refractivity contribution in [2.24, 2.45) is 0 Å². The number of carbonyl (C=O) groups is 2. The topological polar surface area (TPSA) is 110 Å². The lowest BCUT2D eigenvalue weighted by atomic mass is 10.2. The summed E-state index contributed by atoms with van der Waals surface area (Å²) >= 11 is 1.28. The van der Waals surface area contributed by atoms with Crippen LogP contribution in [0.1, 0.15) is 18.4 Å². The van der Waals surface area contributed by atoms with E-state index in [0.717, 1.165) is 0 Å². The van der Waals surface area contributed by atoms with Crippen LogP contribution in [0.25, 0.3) is 11.3 Å². The van der Waals surface area contributed by atoms with E-state index in [2.05, 4.69) is 9.97 Å². The fourth-order valence-corrected chi connectivity index (χ4v) is 3.57. The largest absolute Gasteiger partial charge is 0.465 e. The van der Waals surface area contributed by atoms with Gasteiger partial charge in [0, 0.05) is 36.9 Å². The summed E-state index contributed by atoms with van der Waals surface area (Å²) in [5.41, 5.74) is 1.74. The van der Waals surface area contributed by atoms with Crippen LogP contribution in [0, 0.1) is 11.3 Å². The van der Waals surface area contributed by atoms with Crippen molar-refractivity contribution in [2.75, 3.05) is 18.5 Å². The minimum absolute atomic E-state index is 0.287. The van der Waals surface area contributed by atoms with Crippen LogP contribution < -0.4 is 4.90 Å². The predicted octanol–water partition coefficient (Wildman–Crippen LogP) is 2.18. The maximum atomic E-state index is 12.6. The molecule has 1 N–H and O–H groups in total. The molecule has 0 aromatic carbocycles. The Bertz CT molecular complexity index is 859. The van der Waals surface area contributed by atoms with Gasteiger partial charge < -0.3 is 5.11 Å². The van der Waals surface area contributed by atoms with E-state index in [1.807, 2.05) is 6.07 Å². The lowest BCUT2D eigenvalue weighted by molar-refractivity contribution is -0.122. The molecule has 1 aliphatic heterocycles. The maximum Gasteiger partial charge on any atom is 0.407 e. The molecule has 1 aliphatic rings. The first-order valence-corrected chi connectivity index (χ1v) is 8.47. The Labute approximate surface area is 148 Å². The van der Waals surface area contributed by atoms with Gasteiger partial charge in [0.05, 0.1) is 11.3 Å². The van der Waals surface area contributed by atoms with Gasteiger partial charge in [-0.15, -0.1) is 11.3 Å². The molecule has 1 unspecified atom stereocenters. The number of hydrogen-bond acceptors (Lipinski definition) is 6. The standard InChI is InChI=1S/C16H15N5O3S/c1-20(14(22)13-3-2-4-21(13)16(23)24)15-19-12(9-25-15)11-5-10(6-17)7-18-8-11/h5,7-9,13H,2-4H2,1H3,(H,23,24). The third-order valence-electron chi connectivity index (χ3n) is 4.06. The zero-order valence-electron chi connectivity index (χ0n) is 13.4. The van der Waals surface area contributed by atoms with Gasteiger partial charge in [-0.05, 0) is 18.9 Å². The van der Waals surface area contributed by atoms with Gasteiger partial charge in [0.1, 0.15) is 12.1 Å². The third kappa shape index (κ3) is 3.29. The molecule has 128 valence electrons. The van der Waals surface area contributed by atoms with Gasteiger partial charge in [-0.25, -0.2) is 9.78 Å². The van der Waals surface area contributed by atoms with E-state index in [4.69, 9.17) is 5.26 Å². The van der Waals surface area contributed by atoms with E-state index in [1.165, 1.54) is 27.3 Å². The molecule has 2 amide bonds. The normalized spacial score (nSPS) is 16.5. The maximum absolute atomic E-state index is 12.6. The zero-order chi connectivity index (χ0) is 18.0. The summed E-state index contributed by atoms with van der Waals surface area (Å²) < 4.78 is 0. The van der Waals surface area contributed by atoms with Crippen LogP contribution in [0.4, 0.5) is 9.93 Å². The molecular weight excluding hydrogens is 342 g/mol. The molecule has 8 nitrogen and oxygen atoms in total. The van der Waals surface area contributed by atoms with Crippen molar-refractivity contribution in [1.82, 2.24) is 14.9 Å². The van der Waals surface area contributed by atoms with E-state index in [9.17, 15) is 14.7 Å². The Morgan fingerprint density at radius 1 is 1.48 bits per heavy atom. The molecule has 2 aromatic rings. The van der Waals surface area contributed by atoms with Crippen LogP contribution in [-0.4, -0.2) is 51.6 Å². The van der Waals surface area contributed by atoms with Crippen LogP contribution >= 0.6 is 11.3 Å². The fraction of sp³-hybridized carbons (Fsp3) is 0.312. The minimum Gasteiger partial charge on any atom is -0.465 e.